The molecule has 5 nitrogen and oxygen atoms in total. The van der Waals surface area contributed by atoms with E-state index in [4.69, 9.17) is 16.3 Å². The second kappa shape index (κ2) is 9.25. The summed E-state index contributed by atoms with van der Waals surface area (Å²) in [6.07, 6.45) is 3.61. The molecule has 1 spiro atoms. The van der Waals surface area contributed by atoms with E-state index in [1.165, 1.54) is 13.2 Å². The highest BCUT2D eigenvalue weighted by Gasteiger charge is 2.71. The van der Waals surface area contributed by atoms with Crippen LogP contribution < -0.4 is 9.64 Å². The van der Waals surface area contributed by atoms with E-state index in [1.807, 2.05) is 11.0 Å². The highest BCUT2D eigenvalue weighted by atomic mass is 35.5. The molecule has 7 rings (SSSR count). The Kier molecular flexibility index (Phi) is 5.73. The van der Waals surface area contributed by atoms with E-state index in [9.17, 15) is 14.4 Å². The zero-order valence-electron chi connectivity index (χ0n) is 21.9. The normalized spacial score (nSPS) is 21.5. The van der Waals surface area contributed by atoms with Crippen LogP contribution in [0.2, 0.25) is 5.02 Å². The van der Waals surface area contributed by atoms with Crippen LogP contribution in [0.15, 0.2) is 97.1 Å². The van der Waals surface area contributed by atoms with Crippen molar-refractivity contribution in [3.63, 3.8) is 0 Å². The topological polar surface area (TPSA) is 63.7 Å². The Balaban J connectivity index is 1.56. The van der Waals surface area contributed by atoms with Gasteiger partial charge >= 0.3 is 0 Å². The zero-order chi connectivity index (χ0) is 28.5. The molecule has 7 heteroatoms. The summed E-state index contributed by atoms with van der Waals surface area (Å²) in [6, 6.07) is 22.8. The van der Waals surface area contributed by atoms with Crippen LogP contribution >= 0.6 is 11.6 Å². The standard InChI is InChI=1S/C34H23ClFNO4/c1-41-22-8-6-7-20(18-22)31(38)30-29(25-11-4-5-12-26(25)36)34(32(39)23-9-2-3-10-24(23)33(34)40)28-16-13-19-17-21(35)14-15-27(19)37(28)30/h2-18,28-30H,1H3/t28-,29-,30-/m1/s1. The molecule has 0 amide bonds. The van der Waals surface area contributed by atoms with Crippen LogP contribution in [0.25, 0.3) is 6.08 Å². The number of ketones is 3. The Bertz CT molecular complexity index is 1780. The minimum absolute atomic E-state index is 0.140. The number of rotatable bonds is 4. The van der Waals surface area contributed by atoms with E-state index in [2.05, 4.69) is 0 Å². The first-order valence-corrected chi connectivity index (χ1v) is 13.6. The third kappa shape index (κ3) is 3.44. The molecule has 2 aliphatic heterocycles. The fourth-order valence-corrected chi connectivity index (χ4v) is 7.15. The predicted molar refractivity (Wildman–Crippen MR) is 155 cm³/mol. The van der Waals surface area contributed by atoms with E-state index < -0.39 is 40.8 Å². The van der Waals surface area contributed by atoms with Gasteiger partial charge in [-0.15, -0.1) is 0 Å². The van der Waals surface area contributed by atoms with Gasteiger partial charge in [0.15, 0.2) is 17.3 Å². The van der Waals surface area contributed by atoms with Crippen molar-refractivity contribution in [2.75, 3.05) is 12.0 Å². The van der Waals surface area contributed by atoms with Crippen molar-refractivity contribution in [2.24, 2.45) is 5.41 Å². The van der Waals surface area contributed by atoms with Gasteiger partial charge in [0.05, 0.1) is 13.2 Å². The van der Waals surface area contributed by atoms with Gasteiger partial charge in [0.1, 0.15) is 23.0 Å². The SMILES string of the molecule is COc1cccc(C(=O)[C@H]2[C@@H](c3ccccc3F)C3(C(=O)c4ccccc4C3=O)[C@H]3C=Cc4cc(Cl)ccc4N23)c1. The largest absolute Gasteiger partial charge is 0.497 e. The minimum atomic E-state index is -1.78. The van der Waals surface area contributed by atoms with Crippen LogP contribution in [-0.4, -0.2) is 36.5 Å². The van der Waals surface area contributed by atoms with Gasteiger partial charge in [0.25, 0.3) is 0 Å². The lowest BCUT2D eigenvalue weighted by Gasteiger charge is -2.37. The number of nitrogens with zero attached hydrogens (tertiary/aromatic N) is 1. The average molecular weight is 564 g/mol. The van der Waals surface area contributed by atoms with E-state index in [0.29, 0.717) is 22.0 Å². The van der Waals surface area contributed by atoms with Gasteiger partial charge in [-0.1, -0.05) is 78.4 Å². The third-order valence-corrected chi connectivity index (χ3v) is 8.86. The second-order valence-corrected chi connectivity index (χ2v) is 11.0. The lowest BCUT2D eigenvalue weighted by Crippen LogP contribution is -2.48. The Morgan fingerprint density at radius 1 is 0.902 bits per heavy atom. The molecule has 0 aromatic heterocycles. The predicted octanol–water partition coefficient (Wildman–Crippen LogP) is 6.80. The second-order valence-electron chi connectivity index (χ2n) is 10.5. The molecule has 2 heterocycles. The molecule has 3 aliphatic rings. The Morgan fingerprint density at radius 2 is 1.61 bits per heavy atom. The van der Waals surface area contributed by atoms with Crippen molar-refractivity contribution >= 4 is 40.7 Å². The molecule has 0 unspecified atom stereocenters. The Morgan fingerprint density at radius 3 is 2.32 bits per heavy atom. The van der Waals surface area contributed by atoms with Crippen LogP contribution in [-0.2, 0) is 0 Å². The maximum atomic E-state index is 15.8. The zero-order valence-corrected chi connectivity index (χ0v) is 22.6. The first kappa shape index (κ1) is 25.4. The van der Waals surface area contributed by atoms with Crippen molar-refractivity contribution in [3.8, 4) is 5.75 Å². The maximum Gasteiger partial charge on any atom is 0.186 e. The van der Waals surface area contributed by atoms with Crippen molar-refractivity contribution in [3.05, 3.63) is 136 Å². The number of carbonyl (C=O) groups is 3. The highest BCUT2D eigenvalue weighted by molar-refractivity contribution is 6.32. The molecule has 4 aromatic rings. The molecule has 41 heavy (non-hydrogen) atoms. The molecule has 1 fully saturated rings. The maximum absolute atomic E-state index is 15.8. The molecule has 0 N–H and O–H groups in total. The van der Waals surface area contributed by atoms with Gasteiger partial charge in [0, 0.05) is 33.3 Å². The monoisotopic (exact) mass is 563 g/mol. The molecular formula is C34H23ClFNO4. The number of fused-ring (bicyclic) bond motifs is 5. The molecule has 4 aromatic carbocycles. The molecule has 0 saturated carbocycles. The minimum Gasteiger partial charge on any atom is -0.497 e. The van der Waals surface area contributed by atoms with Crippen LogP contribution in [0.1, 0.15) is 48.1 Å². The van der Waals surface area contributed by atoms with E-state index in [1.54, 1.807) is 91.0 Å². The molecule has 1 saturated heterocycles. The highest BCUT2D eigenvalue weighted by Crippen LogP contribution is 2.61. The van der Waals surface area contributed by atoms with Crippen LogP contribution in [0.4, 0.5) is 10.1 Å². The van der Waals surface area contributed by atoms with E-state index in [0.717, 1.165) is 5.56 Å². The van der Waals surface area contributed by atoms with Crippen molar-refractivity contribution < 1.29 is 23.5 Å². The van der Waals surface area contributed by atoms with Crippen molar-refractivity contribution in [1.29, 1.82) is 0 Å². The van der Waals surface area contributed by atoms with Gasteiger partial charge in [-0.2, -0.15) is 0 Å². The Hall–Kier alpha value is -4.55. The van der Waals surface area contributed by atoms with Crippen LogP contribution in [0.5, 0.6) is 5.75 Å². The molecule has 3 atom stereocenters. The number of ether oxygens (including phenoxy) is 1. The van der Waals surface area contributed by atoms with Gasteiger partial charge in [-0.05, 0) is 47.5 Å². The van der Waals surface area contributed by atoms with E-state index >= 15 is 4.39 Å². The van der Waals surface area contributed by atoms with Crippen LogP contribution in [0, 0.1) is 11.2 Å². The van der Waals surface area contributed by atoms with Gasteiger partial charge < -0.3 is 9.64 Å². The van der Waals surface area contributed by atoms with E-state index in [-0.39, 0.29) is 22.5 Å². The number of benzene rings is 4. The van der Waals surface area contributed by atoms with Crippen molar-refractivity contribution in [1.82, 2.24) is 0 Å². The molecule has 202 valence electrons. The number of methoxy groups -OCH3 is 1. The molecule has 0 bridgehead atoms. The summed E-state index contributed by atoms with van der Waals surface area (Å²) >= 11 is 6.33. The summed E-state index contributed by atoms with van der Waals surface area (Å²) in [6.45, 7) is 0. The quantitative estimate of drug-likeness (QED) is 0.202. The molecule has 1 aliphatic carbocycles. The Labute approximate surface area is 240 Å². The fraction of sp³-hybridized carbons (Fsp3) is 0.147. The smallest absolute Gasteiger partial charge is 0.186 e. The molecular weight excluding hydrogens is 541 g/mol. The summed E-state index contributed by atoms with van der Waals surface area (Å²) in [7, 11) is 1.51. The number of hydrogen-bond donors (Lipinski definition) is 0. The third-order valence-electron chi connectivity index (χ3n) is 8.63. The van der Waals surface area contributed by atoms with Gasteiger partial charge in [-0.3, -0.25) is 14.4 Å². The number of hydrogen-bond acceptors (Lipinski definition) is 5. The van der Waals surface area contributed by atoms with Crippen LogP contribution in [0.3, 0.4) is 0 Å². The fourth-order valence-electron chi connectivity index (χ4n) is 6.97. The van der Waals surface area contributed by atoms with Gasteiger partial charge in [0.2, 0.25) is 0 Å². The number of carbonyl (C=O) groups excluding carboxylic acids is 3. The summed E-state index contributed by atoms with van der Waals surface area (Å²) in [5.41, 5.74) is 0.620. The lowest BCUT2D eigenvalue weighted by molar-refractivity contribution is 0.0664. The summed E-state index contributed by atoms with van der Waals surface area (Å²) in [4.78, 5) is 45.7. The average Bonchev–Trinajstić information content (AvgIpc) is 3.43. The lowest BCUT2D eigenvalue weighted by atomic mass is 9.64. The van der Waals surface area contributed by atoms with Crippen molar-refractivity contribution in [2.45, 2.75) is 18.0 Å². The number of halogens is 2. The molecule has 0 radical (unpaired) electrons. The summed E-state index contributed by atoms with van der Waals surface area (Å²) in [5, 5.41) is 0.502. The summed E-state index contributed by atoms with van der Waals surface area (Å²) in [5.74, 6) is -2.42. The number of Topliss-reactive ketones (excluding diaryl/α,β-unsaturated/α-hetero) is 3. The first-order chi connectivity index (χ1) is 19.9. The summed E-state index contributed by atoms with van der Waals surface area (Å²) < 4.78 is 21.2. The van der Waals surface area contributed by atoms with Gasteiger partial charge in [-0.25, -0.2) is 4.39 Å². The number of anilines is 1. The first-order valence-electron chi connectivity index (χ1n) is 13.3.